The first-order valence-corrected chi connectivity index (χ1v) is 8.65. The zero-order valence-corrected chi connectivity index (χ0v) is 14.6. The van der Waals surface area contributed by atoms with E-state index in [1.54, 1.807) is 12.1 Å². The minimum Gasteiger partial charge on any atom is -0.494 e. The van der Waals surface area contributed by atoms with E-state index in [-0.39, 0.29) is 18.3 Å². The summed E-state index contributed by atoms with van der Waals surface area (Å²) < 4.78 is 18.8. The van der Waals surface area contributed by atoms with Crippen LogP contribution in [0.3, 0.4) is 0 Å². The quantitative estimate of drug-likeness (QED) is 0.611. The average molecular weight is 356 g/mol. The molecule has 1 unspecified atom stereocenters. The largest absolute Gasteiger partial charge is 0.494 e. The van der Waals surface area contributed by atoms with Gasteiger partial charge in [0.1, 0.15) is 17.1 Å². The van der Waals surface area contributed by atoms with Crippen molar-refractivity contribution < 1.29 is 18.7 Å². The lowest BCUT2D eigenvalue weighted by molar-refractivity contribution is -0.131. The molecule has 1 aliphatic rings. The van der Waals surface area contributed by atoms with Crippen LogP contribution in [0.15, 0.2) is 54.6 Å². The van der Waals surface area contributed by atoms with E-state index in [1.807, 2.05) is 37.3 Å². The molecule has 3 rings (SSSR count). The molecular weight excluding hydrogens is 335 g/mol. The van der Waals surface area contributed by atoms with Crippen LogP contribution in [0.2, 0.25) is 0 Å². The zero-order chi connectivity index (χ0) is 18.6. The Morgan fingerprint density at radius 3 is 2.42 bits per heavy atom. The number of carbonyl (C=O) groups is 2. The fourth-order valence-corrected chi connectivity index (χ4v) is 3.13. The van der Waals surface area contributed by atoms with Gasteiger partial charge in [-0.25, -0.2) is 9.18 Å². The van der Waals surface area contributed by atoms with Gasteiger partial charge in [0.15, 0.2) is 0 Å². The number of halogens is 1. The highest BCUT2D eigenvalue weighted by Gasteiger charge is 2.50. The van der Waals surface area contributed by atoms with E-state index in [2.05, 4.69) is 5.32 Å². The number of carbonyl (C=O) groups excluding carboxylic acids is 2. The first-order chi connectivity index (χ1) is 12.6. The Labute approximate surface area is 151 Å². The maximum Gasteiger partial charge on any atom is 0.325 e. The Kier molecular flexibility index (Phi) is 5.21. The Balaban J connectivity index is 1.65. The van der Waals surface area contributed by atoms with Crippen molar-refractivity contribution in [2.24, 2.45) is 0 Å². The number of benzene rings is 2. The van der Waals surface area contributed by atoms with Crippen LogP contribution in [0.4, 0.5) is 9.18 Å². The van der Waals surface area contributed by atoms with Crippen LogP contribution in [0, 0.1) is 5.82 Å². The van der Waals surface area contributed by atoms with Crippen LogP contribution >= 0.6 is 0 Å². The van der Waals surface area contributed by atoms with E-state index >= 15 is 0 Å². The summed E-state index contributed by atoms with van der Waals surface area (Å²) in [6, 6.07) is 14.6. The summed E-state index contributed by atoms with van der Waals surface area (Å²) in [6.45, 7) is 2.49. The first-order valence-electron chi connectivity index (χ1n) is 8.65. The number of nitrogens with zero attached hydrogens (tertiary/aromatic N) is 1. The smallest absolute Gasteiger partial charge is 0.325 e. The van der Waals surface area contributed by atoms with Crippen molar-refractivity contribution in [2.45, 2.75) is 25.3 Å². The van der Waals surface area contributed by atoms with E-state index in [0.717, 1.165) is 5.75 Å². The summed E-state index contributed by atoms with van der Waals surface area (Å²) in [7, 11) is 0. The molecule has 136 valence electrons. The number of amides is 3. The summed E-state index contributed by atoms with van der Waals surface area (Å²) in [6.07, 6.45) is 0.914. The van der Waals surface area contributed by atoms with E-state index in [1.165, 1.54) is 17.0 Å². The maximum absolute atomic E-state index is 13.2. The molecule has 1 N–H and O–H groups in total. The number of hydrogen-bond donors (Lipinski definition) is 1. The van der Waals surface area contributed by atoms with Gasteiger partial charge in [0, 0.05) is 6.54 Å². The monoisotopic (exact) mass is 356 g/mol. The second-order valence-electron chi connectivity index (χ2n) is 6.17. The molecule has 5 nitrogen and oxygen atoms in total. The topological polar surface area (TPSA) is 58.6 Å². The second kappa shape index (κ2) is 7.56. The highest BCUT2D eigenvalue weighted by molar-refractivity contribution is 6.07. The van der Waals surface area contributed by atoms with Gasteiger partial charge in [-0.2, -0.15) is 0 Å². The highest BCUT2D eigenvalue weighted by Crippen LogP contribution is 2.32. The Morgan fingerprint density at radius 2 is 1.77 bits per heavy atom. The molecule has 0 aromatic heterocycles. The number of ether oxygens (including phenoxy) is 1. The van der Waals surface area contributed by atoms with Crippen LogP contribution in [-0.4, -0.2) is 30.0 Å². The molecule has 0 saturated carbocycles. The number of hydrogen-bond acceptors (Lipinski definition) is 3. The van der Waals surface area contributed by atoms with Gasteiger partial charge in [-0.05, 0) is 42.7 Å². The van der Waals surface area contributed by atoms with Crippen molar-refractivity contribution in [3.05, 3.63) is 66.0 Å². The Bertz CT molecular complexity index is 779. The summed E-state index contributed by atoms with van der Waals surface area (Å²) in [5, 5.41) is 2.79. The van der Waals surface area contributed by atoms with Crippen molar-refractivity contribution >= 4 is 11.9 Å². The SMILES string of the molecule is CCC1(c2ccc(F)cc2)NC(=O)N(CCCOc2ccccc2)C1=O. The average Bonchev–Trinajstić information content (AvgIpc) is 2.91. The molecule has 1 fully saturated rings. The molecule has 0 spiro atoms. The molecule has 3 amide bonds. The molecule has 6 heteroatoms. The number of imide groups is 1. The van der Waals surface area contributed by atoms with Crippen LogP contribution in [0.25, 0.3) is 0 Å². The second-order valence-corrected chi connectivity index (χ2v) is 6.17. The number of rotatable bonds is 7. The number of para-hydroxylation sites is 1. The molecule has 0 aliphatic carbocycles. The predicted molar refractivity (Wildman–Crippen MR) is 95.2 cm³/mol. The third-order valence-electron chi connectivity index (χ3n) is 4.58. The molecule has 0 bridgehead atoms. The highest BCUT2D eigenvalue weighted by atomic mass is 19.1. The molecule has 2 aromatic rings. The van der Waals surface area contributed by atoms with E-state index in [4.69, 9.17) is 4.74 Å². The van der Waals surface area contributed by atoms with Gasteiger partial charge in [-0.1, -0.05) is 37.3 Å². The van der Waals surface area contributed by atoms with E-state index in [9.17, 15) is 14.0 Å². The van der Waals surface area contributed by atoms with Crippen molar-refractivity contribution in [3.8, 4) is 5.75 Å². The molecule has 0 radical (unpaired) electrons. The van der Waals surface area contributed by atoms with Crippen LogP contribution in [-0.2, 0) is 10.3 Å². The molecule has 2 aromatic carbocycles. The van der Waals surface area contributed by atoms with Gasteiger partial charge in [0.2, 0.25) is 0 Å². The van der Waals surface area contributed by atoms with Gasteiger partial charge < -0.3 is 10.1 Å². The maximum atomic E-state index is 13.2. The van der Waals surface area contributed by atoms with Gasteiger partial charge in [0.05, 0.1) is 6.61 Å². The van der Waals surface area contributed by atoms with Gasteiger partial charge >= 0.3 is 6.03 Å². The molecular formula is C20H21FN2O3. The predicted octanol–water partition coefficient (Wildman–Crippen LogP) is 3.45. The van der Waals surface area contributed by atoms with Crippen LogP contribution < -0.4 is 10.1 Å². The van der Waals surface area contributed by atoms with Gasteiger partial charge in [-0.15, -0.1) is 0 Å². The number of urea groups is 1. The van der Waals surface area contributed by atoms with Crippen LogP contribution in [0.1, 0.15) is 25.3 Å². The van der Waals surface area contributed by atoms with E-state index < -0.39 is 11.6 Å². The molecule has 26 heavy (non-hydrogen) atoms. The van der Waals surface area contributed by atoms with Crippen molar-refractivity contribution in [3.63, 3.8) is 0 Å². The fraction of sp³-hybridized carbons (Fsp3) is 0.300. The lowest BCUT2D eigenvalue weighted by atomic mass is 9.87. The van der Waals surface area contributed by atoms with Gasteiger partial charge in [0.25, 0.3) is 5.91 Å². The lowest BCUT2D eigenvalue weighted by Crippen LogP contribution is -2.43. The van der Waals surface area contributed by atoms with Crippen molar-refractivity contribution in [2.75, 3.05) is 13.2 Å². The summed E-state index contributed by atoms with van der Waals surface area (Å²) in [5.74, 6) is 0.0573. The summed E-state index contributed by atoms with van der Waals surface area (Å²) in [5.41, 5.74) is -0.548. The number of nitrogens with one attached hydrogen (secondary N) is 1. The van der Waals surface area contributed by atoms with Crippen molar-refractivity contribution in [1.29, 1.82) is 0 Å². The standard InChI is InChI=1S/C20H21FN2O3/c1-2-20(15-9-11-16(21)12-10-15)18(24)23(19(25)22-20)13-6-14-26-17-7-4-3-5-8-17/h3-5,7-12H,2,6,13-14H2,1H3,(H,22,25). The summed E-state index contributed by atoms with van der Waals surface area (Å²) >= 11 is 0. The lowest BCUT2D eigenvalue weighted by Gasteiger charge is -2.25. The first kappa shape index (κ1) is 17.9. The molecule has 1 atom stereocenters. The minimum absolute atomic E-state index is 0.264. The molecule has 1 heterocycles. The van der Waals surface area contributed by atoms with Crippen molar-refractivity contribution in [1.82, 2.24) is 10.2 Å². The Morgan fingerprint density at radius 1 is 1.08 bits per heavy atom. The minimum atomic E-state index is -1.13. The van der Waals surface area contributed by atoms with E-state index in [0.29, 0.717) is 25.0 Å². The fourth-order valence-electron chi connectivity index (χ4n) is 3.13. The molecule has 1 aliphatic heterocycles. The third kappa shape index (κ3) is 3.40. The molecule has 1 saturated heterocycles. The Hall–Kier alpha value is -2.89. The third-order valence-corrected chi connectivity index (χ3v) is 4.58. The normalized spacial score (nSPS) is 19.5. The van der Waals surface area contributed by atoms with Gasteiger partial charge in [-0.3, -0.25) is 9.69 Å². The zero-order valence-electron chi connectivity index (χ0n) is 14.6. The summed E-state index contributed by atoms with van der Waals surface area (Å²) in [4.78, 5) is 26.5. The van der Waals surface area contributed by atoms with Crippen LogP contribution in [0.5, 0.6) is 5.75 Å².